The maximum atomic E-state index is 14.3. The fraction of sp³-hybridized carbons (Fsp3) is 0.125. The number of carbonyl (C=O) groups excluding carboxylic acids is 2. The van der Waals surface area contributed by atoms with E-state index in [9.17, 15) is 22.8 Å². The van der Waals surface area contributed by atoms with Gasteiger partial charge in [0.15, 0.2) is 17.9 Å². The van der Waals surface area contributed by atoms with Gasteiger partial charge >= 0.3 is 5.97 Å². The van der Waals surface area contributed by atoms with Crippen LogP contribution in [-0.4, -0.2) is 19.4 Å². The highest BCUT2D eigenvalue weighted by molar-refractivity contribution is 14.1. The van der Waals surface area contributed by atoms with Gasteiger partial charge in [0.2, 0.25) is 0 Å². The number of nitrogens with one attached hydrogen (secondary N) is 1. The van der Waals surface area contributed by atoms with Crippen molar-refractivity contribution in [1.82, 2.24) is 0 Å². The molecular formula is C16H11F3INO3. The lowest BCUT2D eigenvalue weighted by molar-refractivity contribution is 0.0601. The Balaban J connectivity index is 2.65. The van der Waals surface area contributed by atoms with Crippen LogP contribution < -0.4 is 5.32 Å². The highest BCUT2D eigenvalue weighted by atomic mass is 127. The third-order valence-corrected chi connectivity index (χ3v) is 4.44. The molecule has 0 aliphatic carbocycles. The highest BCUT2D eigenvalue weighted by Crippen LogP contribution is 2.31. The van der Waals surface area contributed by atoms with Gasteiger partial charge < -0.3 is 10.1 Å². The summed E-state index contributed by atoms with van der Waals surface area (Å²) in [6, 6.07) is 3.45. The van der Waals surface area contributed by atoms with E-state index in [1.807, 2.05) is 22.6 Å². The molecule has 0 amide bonds. The molecule has 1 N–H and O–H groups in total. The van der Waals surface area contributed by atoms with E-state index < -0.39 is 40.2 Å². The Kier molecular flexibility index (Phi) is 5.47. The number of ether oxygens (including phenoxy) is 1. The van der Waals surface area contributed by atoms with Crippen molar-refractivity contribution in [1.29, 1.82) is 0 Å². The Morgan fingerprint density at radius 3 is 2.46 bits per heavy atom. The minimum absolute atomic E-state index is 0.0737. The molecule has 0 spiro atoms. The molecule has 0 aliphatic rings. The number of rotatable bonds is 4. The summed E-state index contributed by atoms with van der Waals surface area (Å²) in [5.41, 5.74) is -1.11. The lowest BCUT2D eigenvalue weighted by atomic mass is 10.1. The van der Waals surface area contributed by atoms with Crippen molar-refractivity contribution in [3.05, 3.63) is 55.9 Å². The Labute approximate surface area is 149 Å². The molecule has 0 radical (unpaired) electrons. The van der Waals surface area contributed by atoms with Crippen LogP contribution in [0.15, 0.2) is 18.2 Å². The molecule has 0 aromatic heterocycles. The second kappa shape index (κ2) is 7.20. The molecule has 0 aliphatic heterocycles. The average Bonchev–Trinajstić information content (AvgIpc) is 2.56. The maximum Gasteiger partial charge on any atom is 0.340 e. The van der Waals surface area contributed by atoms with Crippen LogP contribution in [0.5, 0.6) is 0 Å². The highest BCUT2D eigenvalue weighted by Gasteiger charge is 2.24. The molecule has 8 heteroatoms. The van der Waals surface area contributed by atoms with Gasteiger partial charge in [-0.3, -0.25) is 4.79 Å². The number of aryl methyl sites for hydroxylation is 1. The molecule has 0 heterocycles. The smallest absolute Gasteiger partial charge is 0.340 e. The zero-order valence-corrected chi connectivity index (χ0v) is 14.7. The van der Waals surface area contributed by atoms with Gasteiger partial charge in [-0.15, -0.1) is 0 Å². The molecule has 0 atom stereocenters. The van der Waals surface area contributed by atoms with Crippen LogP contribution in [0.2, 0.25) is 0 Å². The predicted molar refractivity (Wildman–Crippen MR) is 90.2 cm³/mol. The lowest BCUT2D eigenvalue weighted by Crippen LogP contribution is -2.11. The van der Waals surface area contributed by atoms with Crippen molar-refractivity contribution in [2.75, 3.05) is 12.4 Å². The molecular weight excluding hydrogens is 438 g/mol. The van der Waals surface area contributed by atoms with Crippen molar-refractivity contribution in [2.45, 2.75) is 6.92 Å². The van der Waals surface area contributed by atoms with E-state index in [1.165, 1.54) is 12.1 Å². The van der Waals surface area contributed by atoms with Crippen LogP contribution >= 0.6 is 22.6 Å². The number of benzene rings is 2. The van der Waals surface area contributed by atoms with Gasteiger partial charge in [0.05, 0.1) is 29.6 Å². The summed E-state index contributed by atoms with van der Waals surface area (Å²) in [6.07, 6.45) is 0.0737. The number of hydrogen-bond donors (Lipinski definition) is 1. The maximum absolute atomic E-state index is 14.3. The monoisotopic (exact) mass is 449 g/mol. The van der Waals surface area contributed by atoms with E-state index >= 15 is 0 Å². The second-order valence-corrected chi connectivity index (χ2v) is 5.99. The lowest BCUT2D eigenvalue weighted by Gasteiger charge is -2.15. The first-order chi connectivity index (χ1) is 11.3. The van der Waals surface area contributed by atoms with Gasteiger partial charge in [-0.25, -0.2) is 18.0 Å². The Hall–Kier alpha value is -2.10. The molecule has 0 fully saturated rings. The summed E-state index contributed by atoms with van der Waals surface area (Å²) in [5, 5.41) is 2.37. The molecule has 2 aromatic rings. The van der Waals surface area contributed by atoms with E-state index in [0.29, 0.717) is 9.13 Å². The van der Waals surface area contributed by atoms with Gasteiger partial charge in [0.25, 0.3) is 0 Å². The van der Waals surface area contributed by atoms with Crippen LogP contribution in [0.4, 0.5) is 24.5 Å². The zero-order valence-electron chi connectivity index (χ0n) is 12.5. The first-order valence-electron chi connectivity index (χ1n) is 6.58. The number of esters is 1. The normalized spacial score (nSPS) is 10.4. The van der Waals surface area contributed by atoms with Crippen molar-refractivity contribution in [2.24, 2.45) is 0 Å². The zero-order chi connectivity index (χ0) is 18.0. The molecule has 126 valence electrons. The molecule has 0 unspecified atom stereocenters. The van der Waals surface area contributed by atoms with Gasteiger partial charge in [0, 0.05) is 3.57 Å². The minimum atomic E-state index is -1.48. The Bertz CT molecular complexity index is 840. The van der Waals surface area contributed by atoms with Crippen LogP contribution in [-0.2, 0) is 4.74 Å². The van der Waals surface area contributed by atoms with Crippen LogP contribution in [0.1, 0.15) is 26.3 Å². The van der Waals surface area contributed by atoms with Crippen LogP contribution in [0.25, 0.3) is 0 Å². The Morgan fingerprint density at radius 1 is 1.21 bits per heavy atom. The minimum Gasteiger partial charge on any atom is -0.465 e. The number of halogens is 4. The van der Waals surface area contributed by atoms with Crippen molar-refractivity contribution < 1.29 is 27.5 Å². The van der Waals surface area contributed by atoms with E-state index in [4.69, 9.17) is 0 Å². The molecule has 0 saturated heterocycles. The van der Waals surface area contributed by atoms with E-state index in [0.717, 1.165) is 13.2 Å². The Morgan fingerprint density at radius 2 is 1.88 bits per heavy atom. The number of carbonyl (C=O) groups is 2. The second-order valence-electron chi connectivity index (χ2n) is 4.83. The fourth-order valence-electron chi connectivity index (χ4n) is 2.01. The van der Waals surface area contributed by atoms with Crippen LogP contribution in [0, 0.1) is 27.9 Å². The quantitative estimate of drug-likeness (QED) is 0.429. The summed E-state index contributed by atoms with van der Waals surface area (Å²) in [6.45, 7) is 1.71. The van der Waals surface area contributed by atoms with Gasteiger partial charge in [-0.1, -0.05) is 0 Å². The summed E-state index contributed by atoms with van der Waals surface area (Å²) in [7, 11) is 1.05. The summed E-state index contributed by atoms with van der Waals surface area (Å²) in [5.74, 6) is -4.62. The van der Waals surface area contributed by atoms with Gasteiger partial charge in [-0.2, -0.15) is 0 Å². The number of methoxy groups -OCH3 is 1. The van der Waals surface area contributed by atoms with Gasteiger partial charge in [0.1, 0.15) is 5.82 Å². The first-order valence-corrected chi connectivity index (χ1v) is 7.66. The van der Waals surface area contributed by atoms with E-state index in [-0.39, 0.29) is 12.0 Å². The molecule has 24 heavy (non-hydrogen) atoms. The largest absolute Gasteiger partial charge is 0.465 e. The average molecular weight is 449 g/mol. The van der Waals surface area contributed by atoms with Crippen molar-refractivity contribution in [3.63, 3.8) is 0 Å². The van der Waals surface area contributed by atoms with E-state index in [2.05, 4.69) is 10.1 Å². The topological polar surface area (TPSA) is 55.4 Å². The fourth-order valence-corrected chi connectivity index (χ4v) is 2.44. The van der Waals surface area contributed by atoms with Crippen molar-refractivity contribution >= 4 is 46.2 Å². The molecule has 2 rings (SSSR count). The summed E-state index contributed by atoms with van der Waals surface area (Å²) < 4.78 is 47.3. The summed E-state index contributed by atoms with van der Waals surface area (Å²) in [4.78, 5) is 22.6. The van der Waals surface area contributed by atoms with Crippen molar-refractivity contribution in [3.8, 4) is 0 Å². The predicted octanol–water partition coefficient (Wildman–Crippen LogP) is 4.36. The third kappa shape index (κ3) is 3.37. The SMILES string of the molecule is COC(=O)c1cc(C=O)c(F)c(F)c1Nc1cc(C)c(I)cc1F. The number of hydrogen-bond acceptors (Lipinski definition) is 4. The summed E-state index contributed by atoms with van der Waals surface area (Å²) >= 11 is 1.93. The molecule has 0 bridgehead atoms. The standard InChI is InChI=1S/C16H11F3INO3/c1-7-3-12(10(17)5-11(7)20)21-15-9(16(23)24-2)4-8(6-22)13(18)14(15)19/h3-6,21H,1-2H3. The first kappa shape index (κ1) is 18.2. The van der Waals surface area contributed by atoms with Gasteiger partial charge in [-0.05, 0) is 53.3 Å². The third-order valence-electron chi connectivity index (χ3n) is 3.28. The van der Waals surface area contributed by atoms with E-state index in [1.54, 1.807) is 6.92 Å². The van der Waals surface area contributed by atoms with Crippen LogP contribution in [0.3, 0.4) is 0 Å². The molecule has 2 aromatic carbocycles. The number of aldehydes is 1. The molecule has 4 nitrogen and oxygen atoms in total. The molecule has 0 saturated carbocycles. The number of anilines is 2.